The summed E-state index contributed by atoms with van der Waals surface area (Å²) < 4.78 is 1.62. The van der Waals surface area contributed by atoms with Crippen molar-refractivity contribution < 1.29 is 9.59 Å². The predicted molar refractivity (Wildman–Crippen MR) is 94.6 cm³/mol. The summed E-state index contributed by atoms with van der Waals surface area (Å²) >= 11 is 13.2. The van der Waals surface area contributed by atoms with E-state index >= 15 is 0 Å². The van der Waals surface area contributed by atoms with Gasteiger partial charge in [-0.2, -0.15) is 0 Å². The first kappa shape index (κ1) is 18.8. The Morgan fingerprint density at radius 3 is 2.83 bits per heavy atom. The number of hydrogen-bond donors (Lipinski definition) is 2. The van der Waals surface area contributed by atoms with Crippen LogP contribution in [-0.2, 0) is 9.59 Å². The van der Waals surface area contributed by atoms with E-state index in [0.717, 1.165) is 6.42 Å². The van der Waals surface area contributed by atoms with Crippen LogP contribution in [0, 0.1) is 0 Å². The zero-order valence-electron chi connectivity index (χ0n) is 13.2. The van der Waals surface area contributed by atoms with Gasteiger partial charge in [-0.1, -0.05) is 41.9 Å². The summed E-state index contributed by atoms with van der Waals surface area (Å²) in [6, 6.07) is 0.980. The number of rotatable bonds is 7. The number of halogens is 2. The summed E-state index contributed by atoms with van der Waals surface area (Å²) in [5.41, 5.74) is 0.469. The summed E-state index contributed by atoms with van der Waals surface area (Å²) in [6.45, 7) is 4.18. The van der Waals surface area contributed by atoms with Crippen molar-refractivity contribution in [1.29, 1.82) is 0 Å². The van der Waals surface area contributed by atoms with Gasteiger partial charge in [-0.3, -0.25) is 14.0 Å². The Morgan fingerprint density at radius 1 is 1.38 bits per heavy atom. The molecule has 10 heteroatoms. The molecule has 2 aromatic rings. The standard InChI is InChI=1S/C14H17Cl2N5O2S/c1-3-4-17-13(23)8(2)18-11(22)7-24-14-20-19-12-10(16)5-9(15)6-21(12)14/h5-6,8H,3-4,7H2,1-2H3,(H,17,23)(H,18,22)/t8-/m1/s1. The largest absolute Gasteiger partial charge is 0.354 e. The summed E-state index contributed by atoms with van der Waals surface area (Å²) in [5.74, 6) is -0.387. The zero-order chi connectivity index (χ0) is 17.7. The maximum Gasteiger partial charge on any atom is 0.242 e. The van der Waals surface area contributed by atoms with Crippen LogP contribution in [0.15, 0.2) is 17.4 Å². The molecule has 0 aliphatic carbocycles. The van der Waals surface area contributed by atoms with E-state index in [9.17, 15) is 9.59 Å². The van der Waals surface area contributed by atoms with E-state index in [2.05, 4.69) is 20.8 Å². The number of thioether (sulfide) groups is 1. The molecule has 130 valence electrons. The second-order valence-electron chi connectivity index (χ2n) is 5.05. The molecular weight excluding hydrogens is 373 g/mol. The van der Waals surface area contributed by atoms with Gasteiger partial charge in [0.05, 0.1) is 15.8 Å². The van der Waals surface area contributed by atoms with Crippen molar-refractivity contribution >= 4 is 52.4 Å². The Labute approximate surface area is 153 Å². The summed E-state index contributed by atoms with van der Waals surface area (Å²) in [7, 11) is 0. The van der Waals surface area contributed by atoms with E-state index in [-0.39, 0.29) is 17.6 Å². The zero-order valence-corrected chi connectivity index (χ0v) is 15.5. The number of nitrogens with zero attached hydrogens (tertiary/aromatic N) is 3. The van der Waals surface area contributed by atoms with Gasteiger partial charge in [-0.15, -0.1) is 10.2 Å². The van der Waals surface area contributed by atoms with Crippen LogP contribution in [0.1, 0.15) is 20.3 Å². The first-order chi connectivity index (χ1) is 11.4. The Morgan fingerprint density at radius 2 is 2.12 bits per heavy atom. The first-order valence-electron chi connectivity index (χ1n) is 7.32. The molecule has 0 aliphatic heterocycles. The van der Waals surface area contributed by atoms with Crippen molar-refractivity contribution in [2.45, 2.75) is 31.5 Å². The minimum Gasteiger partial charge on any atom is -0.354 e. The van der Waals surface area contributed by atoms with Crippen LogP contribution in [0.25, 0.3) is 5.65 Å². The van der Waals surface area contributed by atoms with Gasteiger partial charge in [0.25, 0.3) is 0 Å². The third-order valence-electron chi connectivity index (χ3n) is 3.05. The summed E-state index contributed by atoms with van der Waals surface area (Å²) in [4.78, 5) is 23.7. The number of nitrogens with one attached hydrogen (secondary N) is 2. The maximum atomic E-state index is 12.0. The van der Waals surface area contributed by atoms with Gasteiger partial charge in [-0.05, 0) is 19.4 Å². The quantitative estimate of drug-likeness (QED) is 0.708. The van der Waals surface area contributed by atoms with E-state index < -0.39 is 6.04 Å². The molecule has 2 aromatic heterocycles. The Kier molecular flexibility index (Phi) is 6.70. The van der Waals surface area contributed by atoms with Gasteiger partial charge in [0.15, 0.2) is 10.8 Å². The number of carbonyl (C=O) groups is 2. The number of fused-ring (bicyclic) bond motifs is 1. The molecule has 2 heterocycles. The smallest absolute Gasteiger partial charge is 0.242 e. The van der Waals surface area contributed by atoms with E-state index in [1.165, 1.54) is 11.8 Å². The lowest BCUT2D eigenvalue weighted by Gasteiger charge is -2.13. The second-order valence-corrected chi connectivity index (χ2v) is 6.84. The number of hydrogen-bond acceptors (Lipinski definition) is 5. The number of carbonyl (C=O) groups excluding carboxylic acids is 2. The fourth-order valence-corrected chi connectivity index (χ4v) is 3.11. The third kappa shape index (κ3) is 4.75. The van der Waals surface area contributed by atoms with Crippen LogP contribution >= 0.6 is 35.0 Å². The van der Waals surface area contributed by atoms with Crippen molar-refractivity contribution in [1.82, 2.24) is 25.2 Å². The van der Waals surface area contributed by atoms with Gasteiger partial charge in [0.2, 0.25) is 11.8 Å². The lowest BCUT2D eigenvalue weighted by Crippen LogP contribution is -2.45. The van der Waals surface area contributed by atoms with Crippen molar-refractivity contribution in [3.63, 3.8) is 0 Å². The molecule has 2 amide bonds. The molecule has 2 rings (SSSR count). The minimum atomic E-state index is -0.594. The van der Waals surface area contributed by atoms with Gasteiger partial charge >= 0.3 is 0 Å². The van der Waals surface area contributed by atoms with Crippen molar-refractivity contribution in [3.8, 4) is 0 Å². The summed E-state index contributed by atoms with van der Waals surface area (Å²) in [6.07, 6.45) is 2.47. The molecule has 0 radical (unpaired) electrons. The van der Waals surface area contributed by atoms with Crippen LogP contribution in [0.5, 0.6) is 0 Å². The number of aromatic nitrogens is 3. The average molecular weight is 390 g/mol. The SMILES string of the molecule is CCCNC(=O)[C@@H](C)NC(=O)CSc1nnc2c(Cl)cc(Cl)cn12. The van der Waals surface area contributed by atoms with Crippen molar-refractivity contribution in [3.05, 3.63) is 22.3 Å². The lowest BCUT2D eigenvalue weighted by molar-refractivity contribution is -0.127. The Bertz CT molecular complexity index is 752. The maximum absolute atomic E-state index is 12.0. The highest BCUT2D eigenvalue weighted by Crippen LogP contribution is 2.25. The monoisotopic (exact) mass is 389 g/mol. The molecule has 0 aliphatic rings. The van der Waals surface area contributed by atoms with Crippen LogP contribution in [0.4, 0.5) is 0 Å². The van der Waals surface area contributed by atoms with Crippen LogP contribution in [0.2, 0.25) is 10.0 Å². The molecule has 0 spiro atoms. The van der Waals surface area contributed by atoms with Crippen molar-refractivity contribution in [2.24, 2.45) is 0 Å². The third-order valence-corrected chi connectivity index (χ3v) is 4.48. The van der Waals surface area contributed by atoms with E-state index in [0.29, 0.717) is 27.4 Å². The molecule has 0 unspecified atom stereocenters. The van der Waals surface area contributed by atoms with Gasteiger partial charge in [-0.25, -0.2) is 0 Å². The molecule has 0 saturated carbocycles. The molecule has 0 bridgehead atoms. The van der Waals surface area contributed by atoms with E-state index in [1.54, 1.807) is 23.6 Å². The molecule has 0 fully saturated rings. The highest BCUT2D eigenvalue weighted by Gasteiger charge is 2.16. The molecule has 24 heavy (non-hydrogen) atoms. The fraction of sp³-hybridized carbons (Fsp3) is 0.429. The van der Waals surface area contributed by atoms with Crippen LogP contribution < -0.4 is 10.6 Å². The fourth-order valence-electron chi connectivity index (χ4n) is 1.88. The lowest BCUT2D eigenvalue weighted by atomic mass is 10.3. The number of pyridine rings is 1. The summed E-state index contributed by atoms with van der Waals surface area (Å²) in [5, 5.41) is 14.7. The average Bonchev–Trinajstić information content (AvgIpc) is 2.93. The van der Waals surface area contributed by atoms with E-state index in [4.69, 9.17) is 23.2 Å². The molecule has 0 saturated heterocycles. The topological polar surface area (TPSA) is 88.4 Å². The van der Waals surface area contributed by atoms with Crippen LogP contribution in [-0.4, -0.2) is 44.8 Å². The molecule has 2 N–H and O–H groups in total. The second kappa shape index (κ2) is 8.55. The van der Waals surface area contributed by atoms with Crippen LogP contribution in [0.3, 0.4) is 0 Å². The Hall–Kier alpha value is -1.51. The molecule has 1 atom stereocenters. The Balaban J connectivity index is 1.94. The highest BCUT2D eigenvalue weighted by molar-refractivity contribution is 7.99. The van der Waals surface area contributed by atoms with Gasteiger partial charge < -0.3 is 10.6 Å². The first-order valence-corrected chi connectivity index (χ1v) is 9.06. The normalized spacial score (nSPS) is 12.2. The minimum absolute atomic E-state index is 0.0936. The highest BCUT2D eigenvalue weighted by atomic mass is 35.5. The van der Waals surface area contributed by atoms with Gasteiger partial charge in [0.1, 0.15) is 6.04 Å². The molecule has 0 aromatic carbocycles. The van der Waals surface area contributed by atoms with E-state index in [1.807, 2.05) is 6.92 Å². The molecular formula is C14H17Cl2N5O2S. The predicted octanol–water partition coefficient (Wildman–Crippen LogP) is 2.16. The van der Waals surface area contributed by atoms with Gasteiger partial charge in [0, 0.05) is 12.7 Å². The number of amides is 2. The van der Waals surface area contributed by atoms with Crippen molar-refractivity contribution in [2.75, 3.05) is 12.3 Å². The molecule has 7 nitrogen and oxygen atoms in total.